The first-order valence-corrected chi connectivity index (χ1v) is 17.7. The molecule has 0 aliphatic heterocycles. The van der Waals surface area contributed by atoms with Crippen LogP contribution in [0.25, 0.3) is 0 Å². The van der Waals surface area contributed by atoms with Crippen LogP contribution in [-0.4, -0.2) is 24.1 Å². The van der Waals surface area contributed by atoms with E-state index in [1.807, 2.05) is 0 Å². The van der Waals surface area contributed by atoms with Crippen LogP contribution in [0.4, 0.5) is 5.69 Å². The number of para-hydroxylation sites is 1. The highest BCUT2D eigenvalue weighted by Gasteiger charge is 2.35. The summed E-state index contributed by atoms with van der Waals surface area (Å²) in [6.45, 7) is 1.09. The number of rotatable bonds is 10. The van der Waals surface area contributed by atoms with Crippen LogP contribution in [0.3, 0.4) is 0 Å². The quantitative estimate of drug-likeness (QED) is 0.153. The van der Waals surface area contributed by atoms with Crippen LogP contribution in [-0.2, 0) is 0 Å². The van der Waals surface area contributed by atoms with E-state index in [9.17, 15) is 0 Å². The Bertz CT molecular complexity index is 1320. The van der Waals surface area contributed by atoms with Gasteiger partial charge in [-0.1, -0.05) is 146 Å². The average Bonchev–Trinajstić information content (AvgIpc) is 3.07. The molecule has 0 amide bonds. The van der Waals surface area contributed by atoms with Gasteiger partial charge in [0.05, 0.1) is 0 Å². The maximum absolute atomic E-state index is 2.94. The molecule has 42 heavy (non-hydrogen) atoms. The van der Waals surface area contributed by atoms with E-state index < -0.39 is 16.1 Å². The van der Waals surface area contributed by atoms with Gasteiger partial charge in [-0.05, 0) is 58.5 Å². The third-order valence-corrected chi connectivity index (χ3v) is 13.8. The number of nitrogens with zero attached hydrogens (tertiary/aromatic N) is 2. The standard InChI is InChI=1S/C38H40N2P2/c1-39(33-19-7-2-8-20-33)34-21-17-18-32(30-34)31-40(41(35-22-9-3-10-23-35)36-24-11-4-12-25-36)42(37-26-13-5-14-27-37)38-28-15-6-16-29-38/h2-16,19-20,22-29,32,34H,17-18,21,30-31H2,1H3. The highest BCUT2D eigenvalue weighted by Crippen LogP contribution is 2.55. The van der Waals surface area contributed by atoms with Crippen molar-refractivity contribution in [2.45, 2.75) is 31.7 Å². The number of benzene rings is 5. The molecule has 1 fully saturated rings. The van der Waals surface area contributed by atoms with Crippen molar-refractivity contribution in [2.24, 2.45) is 5.92 Å². The predicted octanol–water partition coefficient (Wildman–Crippen LogP) is 8.08. The summed E-state index contributed by atoms with van der Waals surface area (Å²) >= 11 is 0. The molecule has 6 rings (SSSR count). The van der Waals surface area contributed by atoms with Gasteiger partial charge in [0.2, 0.25) is 0 Å². The van der Waals surface area contributed by atoms with Crippen molar-refractivity contribution < 1.29 is 0 Å². The number of hydrogen-bond donors (Lipinski definition) is 0. The molecule has 2 unspecified atom stereocenters. The summed E-state index contributed by atoms with van der Waals surface area (Å²) < 4.78 is 2.94. The van der Waals surface area contributed by atoms with Crippen LogP contribution in [0.2, 0.25) is 0 Å². The molecule has 1 saturated carbocycles. The van der Waals surface area contributed by atoms with Gasteiger partial charge in [0, 0.05) is 41.5 Å². The average molecular weight is 587 g/mol. The van der Waals surface area contributed by atoms with E-state index in [1.165, 1.54) is 52.6 Å². The molecular weight excluding hydrogens is 546 g/mol. The molecule has 2 atom stereocenters. The van der Waals surface area contributed by atoms with Crippen LogP contribution in [0, 0.1) is 5.92 Å². The number of hydrogen-bond acceptors (Lipinski definition) is 2. The summed E-state index contributed by atoms with van der Waals surface area (Å²) in [6, 6.07) is 56.6. The van der Waals surface area contributed by atoms with Crippen LogP contribution in [0.5, 0.6) is 0 Å². The third kappa shape index (κ3) is 6.85. The lowest BCUT2D eigenvalue weighted by atomic mass is 9.85. The molecule has 4 heteroatoms. The molecule has 0 spiro atoms. The fourth-order valence-corrected chi connectivity index (χ4v) is 12.5. The zero-order valence-corrected chi connectivity index (χ0v) is 26.2. The van der Waals surface area contributed by atoms with E-state index in [2.05, 4.69) is 168 Å². The molecule has 0 saturated heterocycles. The van der Waals surface area contributed by atoms with Gasteiger partial charge in [0.15, 0.2) is 0 Å². The van der Waals surface area contributed by atoms with E-state index in [4.69, 9.17) is 0 Å². The second-order valence-electron chi connectivity index (χ2n) is 11.2. The van der Waals surface area contributed by atoms with Crippen LogP contribution < -0.4 is 26.1 Å². The van der Waals surface area contributed by atoms with Crippen molar-refractivity contribution >= 4 is 43.1 Å². The molecule has 0 radical (unpaired) electrons. The molecule has 2 nitrogen and oxygen atoms in total. The topological polar surface area (TPSA) is 6.48 Å². The highest BCUT2D eigenvalue weighted by atomic mass is 31.2. The van der Waals surface area contributed by atoms with Crippen molar-refractivity contribution in [2.75, 3.05) is 18.5 Å². The van der Waals surface area contributed by atoms with Gasteiger partial charge in [-0.15, -0.1) is 0 Å². The second kappa shape index (κ2) is 14.3. The summed E-state index contributed by atoms with van der Waals surface area (Å²) in [7, 11) is 0.792. The zero-order valence-electron chi connectivity index (χ0n) is 24.4. The Labute approximate surface area is 254 Å². The Morgan fingerprint density at radius 2 is 0.905 bits per heavy atom. The van der Waals surface area contributed by atoms with Gasteiger partial charge in [-0.25, -0.2) is 4.44 Å². The molecule has 1 aliphatic carbocycles. The monoisotopic (exact) mass is 586 g/mol. The molecule has 5 aromatic rings. The summed E-state index contributed by atoms with van der Waals surface area (Å²) in [6.07, 6.45) is 5.06. The normalized spacial score (nSPS) is 17.0. The van der Waals surface area contributed by atoms with Crippen molar-refractivity contribution in [3.8, 4) is 0 Å². The predicted molar refractivity (Wildman–Crippen MR) is 185 cm³/mol. The first-order valence-electron chi connectivity index (χ1n) is 15.1. The Morgan fingerprint density at radius 3 is 1.31 bits per heavy atom. The molecular formula is C38H40N2P2. The molecule has 0 aromatic heterocycles. The summed E-state index contributed by atoms with van der Waals surface area (Å²) in [5.41, 5.74) is 1.33. The smallest absolute Gasteiger partial charge is 0.0366 e. The largest absolute Gasteiger partial charge is 0.372 e. The minimum absolute atomic E-state index is 0.562. The van der Waals surface area contributed by atoms with Crippen molar-refractivity contribution in [1.29, 1.82) is 0 Å². The maximum Gasteiger partial charge on any atom is 0.0366 e. The van der Waals surface area contributed by atoms with Crippen molar-refractivity contribution in [1.82, 2.24) is 4.44 Å². The Balaban J connectivity index is 1.43. The highest BCUT2D eigenvalue weighted by molar-refractivity contribution is 7.84. The Kier molecular flexibility index (Phi) is 9.79. The van der Waals surface area contributed by atoms with Crippen LogP contribution in [0.1, 0.15) is 25.7 Å². The van der Waals surface area contributed by atoms with E-state index in [0.29, 0.717) is 12.0 Å². The summed E-state index contributed by atoms with van der Waals surface area (Å²) in [5.74, 6) is 0.629. The minimum Gasteiger partial charge on any atom is -0.372 e. The minimum atomic E-state index is -0.751. The van der Waals surface area contributed by atoms with E-state index in [0.717, 1.165) is 6.54 Å². The van der Waals surface area contributed by atoms with Gasteiger partial charge in [-0.3, -0.25) is 0 Å². The Hall–Kier alpha value is -3.28. The molecule has 0 bridgehead atoms. The SMILES string of the molecule is CN(c1ccccc1)C1CCCC(CN(P(c2ccccc2)c2ccccc2)P(c2ccccc2)c2ccccc2)C1. The molecule has 0 N–H and O–H groups in total. The second-order valence-corrected chi connectivity index (χ2v) is 15.7. The molecule has 0 heterocycles. The third-order valence-electron chi connectivity index (χ3n) is 8.35. The lowest BCUT2D eigenvalue weighted by molar-refractivity contribution is 0.298. The molecule has 1 aliphatic rings. The molecule has 212 valence electrons. The van der Waals surface area contributed by atoms with Gasteiger partial charge in [0.1, 0.15) is 0 Å². The number of anilines is 1. The van der Waals surface area contributed by atoms with E-state index >= 15 is 0 Å². The lowest BCUT2D eigenvalue weighted by Crippen LogP contribution is -2.40. The van der Waals surface area contributed by atoms with Gasteiger partial charge in [-0.2, -0.15) is 0 Å². The molecule has 5 aromatic carbocycles. The summed E-state index contributed by atoms with van der Waals surface area (Å²) in [5, 5.41) is 5.69. The van der Waals surface area contributed by atoms with Gasteiger partial charge >= 0.3 is 0 Å². The lowest BCUT2D eigenvalue weighted by Gasteiger charge is -2.43. The van der Waals surface area contributed by atoms with Gasteiger partial charge < -0.3 is 4.90 Å². The maximum atomic E-state index is 2.94. The van der Waals surface area contributed by atoms with E-state index in [1.54, 1.807) is 0 Å². The van der Waals surface area contributed by atoms with Crippen LogP contribution >= 0.6 is 16.1 Å². The van der Waals surface area contributed by atoms with Gasteiger partial charge in [0.25, 0.3) is 0 Å². The van der Waals surface area contributed by atoms with Crippen molar-refractivity contribution in [3.05, 3.63) is 152 Å². The van der Waals surface area contributed by atoms with Crippen molar-refractivity contribution in [3.63, 3.8) is 0 Å². The Morgan fingerprint density at radius 1 is 0.524 bits per heavy atom. The summed E-state index contributed by atoms with van der Waals surface area (Å²) in [4.78, 5) is 2.53. The first-order chi connectivity index (χ1) is 20.8. The fraction of sp³-hybridized carbons (Fsp3) is 0.211. The van der Waals surface area contributed by atoms with E-state index in [-0.39, 0.29) is 0 Å². The fourth-order valence-electron chi connectivity index (χ4n) is 6.25. The first kappa shape index (κ1) is 28.8. The van der Waals surface area contributed by atoms with Crippen LogP contribution in [0.15, 0.2) is 152 Å². The zero-order chi connectivity index (χ0) is 28.6.